The van der Waals surface area contributed by atoms with Crippen molar-refractivity contribution in [1.29, 1.82) is 0 Å². The van der Waals surface area contributed by atoms with Gasteiger partial charge in [0.1, 0.15) is 5.75 Å². The van der Waals surface area contributed by atoms with Crippen molar-refractivity contribution in [2.24, 2.45) is 0 Å². The van der Waals surface area contributed by atoms with Crippen molar-refractivity contribution in [2.75, 3.05) is 26.7 Å². The van der Waals surface area contributed by atoms with E-state index in [1.807, 2.05) is 0 Å². The second-order valence-corrected chi connectivity index (χ2v) is 5.65. The molecule has 0 unspecified atom stereocenters. The minimum absolute atomic E-state index is 0.161. The zero-order chi connectivity index (χ0) is 18.6. The highest BCUT2D eigenvalue weighted by Gasteiger charge is 2.47. The molecule has 1 heterocycles. The Labute approximate surface area is 144 Å². The van der Waals surface area contributed by atoms with Crippen molar-refractivity contribution in [3.8, 4) is 5.75 Å². The summed E-state index contributed by atoms with van der Waals surface area (Å²) in [6.07, 6.45) is -0.543. The molecule has 1 fully saturated rings. The number of allylic oxidation sites excluding steroid dienone is 1. The summed E-state index contributed by atoms with van der Waals surface area (Å²) in [5.41, 5.74) is -2.35. The summed E-state index contributed by atoms with van der Waals surface area (Å²) >= 11 is 0. The minimum Gasteiger partial charge on any atom is -0.497 e. The van der Waals surface area contributed by atoms with Gasteiger partial charge in [0.2, 0.25) is 5.67 Å². The van der Waals surface area contributed by atoms with E-state index < -0.39 is 30.1 Å². The summed E-state index contributed by atoms with van der Waals surface area (Å²) < 4.78 is 20.1. The van der Waals surface area contributed by atoms with Crippen molar-refractivity contribution >= 4 is 17.9 Å². The number of carboxylic acid groups (broad SMARTS) is 1. The fraction of sp³-hybridized carbons (Fsp3) is 0.353. The molecule has 1 aromatic rings. The molecule has 25 heavy (non-hydrogen) atoms. The van der Waals surface area contributed by atoms with Gasteiger partial charge in [-0.1, -0.05) is 6.08 Å². The number of carbonyl (C=O) groups is 3. The van der Waals surface area contributed by atoms with Crippen LogP contribution in [-0.2, 0) is 4.79 Å². The van der Waals surface area contributed by atoms with Gasteiger partial charge in [0, 0.05) is 25.1 Å². The van der Waals surface area contributed by atoms with E-state index in [1.165, 1.54) is 25.3 Å². The molecule has 3 amide bonds. The molecule has 0 bridgehead atoms. The standard InChI is InChI=1S/C17H19FN2O5/c1-3-8-17(18)11-19(16(23)24)9-10-20(15(17)22)14(21)12-4-6-13(25-2)7-5-12/h3-7H,1,8-11H2,2H3,(H,23,24)/t17-/m0/s1. The SMILES string of the molecule is C=CC[C@]1(F)CN(C(=O)O)CCN(C(=O)c2ccc(OC)cc2)C1=O. The molecule has 1 aromatic carbocycles. The molecule has 0 spiro atoms. The Kier molecular flexibility index (Phi) is 5.41. The Morgan fingerprint density at radius 1 is 1.36 bits per heavy atom. The Hall–Kier alpha value is -2.90. The zero-order valence-electron chi connectivity index (χ0n) is 13.8. The van der Waals surface area contributed by atoms with Gasteiger partial charge < -0.3 is 14.7 Å². The van der Waals surface area contributed by atoms with Crippen LogP contribution in [-0.4, -0.2) is 65.2 Å². The number of alkyl halides is 1. The number of hydrogen-bond acceptors (Lipinski definition) is 4. The fourth-order valence-electron chi connectivity index (χ4n) is 2.64. The van der Waals surface area contributed by atoms with Crippen LogP contribution >= 0.6 is 0 Å². The van der Waals surface area contributed by atoms with Crippen LogP contribution < -0.4 is 4.74 Å². The number of ether oxygens (including phenoxy) is 1. The third-order valence-corrected chi connectivity index (χ3v) is 3.98. The Morgan fingerprint density at radius 3 is 2.52 bits per heavy atom. The van der Waals surface area contributed by atoms with Crippen LogP contribution in [0.15, 0.2) is 36.9 Å². The molecular formula is C17H19FN2O5. The van der Waals surface area contributed by atoms with Crippen LogP contribution in [0.3, 0.4) is 0 Å². The van der Waals surface area contributed by atoms with E-state index in [1.54, 1.807) is 12.1 Å². The van der Waals surface area contributed by atoms with E-state index >= 15 is 4.39 Å². The third kappa shape index (κ3) is 3.78. The van der Waals surface area contributed by atoms with E-state index in [9.17, 15) is 14.4 Å². The molecule has 7 nitrogen and oxygen atoms in total. The zero-order valence-corrected chi connectivity index (χ0v) is 13.8. The minimum atomic E-state index is -2.53. The lowest BCUT2D eigenvalue weighted by atomic mass is 9.99. The normalized spacial score (nSPS) is 20.8. The van der Waals surface area contributed by atoms with Crippen LogP contribution in [0.25, 0.3) is 0 Å². The van der Waals surface area contributed by atoms with Crippen molar-refractivity contribution in [3.05, 3.63) is 42.5 Å². The van der Waals surface area contributed by atoms with Crippen molar-refractivity contribution < 1.29 is 28.6 Å². The average molecular weight is 350 g/mol. The molecule has 0 radical (unpaired) electrons. The first-order chi connectivity index (χ1) is 11.8. The van der Waals surface area contributed by atoms with Gasteiger partial charge in [0.25, 0.3) is 11.8 Å². The van der Waals surface area contributed by atoms with Gasteiger partial charge in [-0.3, -0.25) is 14.5 Å². The monoisotopic (exact) mass is 350 g/mol. The largest absolute Gasteiger partial charge is 0.497 e. The van der Waals surface area contributed by atoms with Crippen molar-refractivity contribution in [1.82, 2.24) is 9.80 Å². The number of imide groups is 1. The average Bonchev–Trinajstić information content (AvgIpc) is 2.72. The second kappa shape index (κ2) is 7.33. The Morgan fingerprint density at radius 2 is 2.00 bits per heavy atom. The van der Waals surface area contributed by atoms with Gasteiger partial charge in [-0.15, -0.1) is 6.58 Å². The first-order valence-corrected chi connectivity index (χ1v) is 7.60. The predicted octanol–water partition coefficient (Wildman–Crippen LogP) is 1.94. The molecule has 1 N–H and O–H groups in total. The highest BCUT2D eigenvalue weighted by molar-refractivity contribution is 6.07. The number of hydrogen-bond donors (Lipinski definition) is 1. The van der Waals surface area contributed by atoms with E-state index in [0.29, 0.717) is 5.75 Å². The summed E-state index contributed by atoms with van der Waals surface area (Å²) in [4.78, 5) is 38.0. The number of nitrogens with zero attached hydrogens (tertiary/aromatic N) is 2. The van der Waals surface area contributed by atoms with Gasteiger partial charge in [0.15, 0.2) is 0 Å². The number of rotatable bonds is 4. The van der Waals surface area contributed by atoms with Gasteiger partial charge in [0.05, 0.1) is 13.7 Å². The number of amides is 3. The lowest BCUT2D eigenvalue weighted by Gasteiger charge is -2.27. The fourth-order valence-corrected chi connectivity index (χ4v) is 2.64. The Balaban J connectivity index is 2.34. The quantitative estimate of drug-likeness (QED) is 0.662. The number of benzene rings is 1. The second-order valence-electron chi connectivity index (χ2n) is 5.65. The first-order valence-electron chi connectivity index (χ1n) is 7.60. The molecule has 1 aliphatic rings. The summed E-state index contributed by atoms with van der Waals surface area (Å²) in [6.45, 7) is 2.38. The maximum Gasteiger partial charge on any atom is 0.407 e. The molecule has 1 atom stereocenters. The summed E-state index contributed by atoms with van der Waals surface area (Å²) in [7, 11) is 1.47. The van der Waals surface area contributed by atoms with E-state index in [0.717, 1.165) is 9.80 Å². The van der Waals surface area contributed by atoms with Crippen LogP contribution in [0, 0.1) is 0 Å². The van der Waals surface area contributed by atoms with Crippen LogP contribution in [0.2, 0.25) is 0 Å². The highest BCUT2D eigenvalue weighted by Crippen LogP contribution is 2.26. The summed E-state index contributed by atoms with van der Waals surface area (Å²) in [5, 5.41) is 9.15. The molecule has 0 aromatic heterocycles. The van der Waals surface area contributed by atoms with Crippen LogP contribution in [0.5, 0.6) is 5.75 Å². The summed E-state index contributed by atoms with van der Waals surface area (Å²) in [5.74, 6) is -1.22. The van der Waals surface area contributed by atoms with Gasteiger partial charge in [-0.25, -0.2) is 9.18 Å². The number of carbonyl (C=O) groups excluding carboxylic acids is 2. The lowest BCUT2D eigenvalue weighted by Crippen LogP contribution is -2.50. The third-order valence-electron chi connectivity index (χ3n) is 3.98. The van der Waals surface area contributed by atoms with Gasteiger partial charge in [-0.05, 0) is 24.3 Å². The Bertz CT molecular complexity index is 691. The van der Waals surface area contributed by atoms with E-state index in [4.69, 9.17) is 9.84 Å². The smallest absolute Gasteiger partial charge is 0.407 e. The van der Waals surface area contributed by atoms with Crippen molar-refractivity contribution in [3.63, 3.8) is 0 Å². The maximum atomic E-state index is 15.1. The summed E-state index contributed by atoms with van der Waals surface area (Å²) in [6, 6.07) is 6.01. The molecule has 1 saturated heterocycles. The topological polar surface area (TPSA) is 87.2 Å². The number of halogens is 1. The molecule has 8 heteroatoms. The molecule has 2 rings (SSSR count). The predicted molar refractivity (Wildman–Crippen MR) is 87.3 cm³/mol. The van der Waals surface area contributed by atoms with E-state index in [-0.39, 0.29) is 25.1 Å². The first kappa shape index (κ1) is 18.4. The van der Waals surface area contributed by atoms with Gasteiger partial charge in [-0.2, -0.15) is 0 Å². The number of methoxy groups -OCH3 is 1. The maximum absolute atomic E-state index is 15.1. The molecule has 1 aliphatic heterocycles. The van der Waals surface area contributed by atoms with Gasteiger partial charge >= 0.3 is 6.09 Å². The van der Waals surface area contributed by atoms with Crippen molar-refractivity contribution in [2.45, 2.75) is 12.1 Å². The molecular weight excluding hydrogens is 331 g/mol. The lowest BCUT2D eigenvalue weighted by molar-refractivity contribution is -0.140. The highest BCUT2D eigenvalue weighted by atomic mass is 19.1. The molecule has 0 saturated carbocycles. The van der Waals surface area contributed by atoms with E-state index in [2.05, 4.69) is 6.58 Å². The van der Waals surface area contributed by atoms with Crippen LogP contribution in [0.1, 0.15) is 16.8 Å². The van der Waals surface area contributed by atoms with Crippen LogP contribution in [0.4, 0.5) is 9.18 Å². The molecule has 134 valence electrons. The molecule has 0 aliphatic carbocycles.